The molecule has 0 bridgehead atoms. The third kappa shape index (κ3) is 3.71. The zero-order chi connectivity index (χ0) is 15.3. The molecule has 3 N–H and O–H groups in total. The molecule has 0 amide bonds. The van der Waals surface area contributed by atoms with Crippen LogP contribution in [0.5, 0.6) is 0 Å². The molecule has 7 heteroatoms. The summed E-state index contributed by atoms with van der Waals surface area (Å²) in [5.41, 5.74) is 5.53. The second-order valence-corrected chi connectivity index (χ2v) is 6.61. The Kier molecular flexibility index (Phi) is 5.52. The summed E-state index contributed by atoms with van der Waals surface area (Å²) in [5.74, 6) is -1.29. The number of hydrogen-bond acceptors (Lipinski definition) is 4. The Hall–Kier alpha value is -1.60. The summed E-state index contributed by atoms with van der Waals surface area (Å²) in [6.45, 7) is 2.37. The van der Waals surface area contributed by atoms with Crippen molar-refractivity contribution in [1.29, 1.82) is 0 Å². The van der Waals surface area contributed by atoms with Crippen molar-refractivity contribution < 1.29 is 18.3 Å². The fourth-order valence-electron chi connectivity index (χ4n) is 1.80. The van der Waals surface area contributed by atoms with Crippen LogP contribution in [0.15, 0.2) is 23.1 Å². The summed E-state index contributed by atoms with van der Waals surface area (Å²) in [6, 6.07) is 3.78. The average Bonchev–Trinajstić information content (AvgIpc) is 2.38. The first-order valence-corrected chi connectivity index (χ1v) is 7.84. The van der Waals surface area contributed by atoms with Crippen LogP contribution in [0.1, 0.15) is 36.5 Å². The van der Waals surface area contributed by atoms with Gasteiger partial charge in [-0.1, -0.05) is 19.8 Å². The summed E-state index contributed by atoms with van der Waals surface area (Å²) in [5, 5.41) is 9.09. The molecule has 6 nitrogen and oxygen atoms in total. The van der Waals surface area contributed by atoms with Crippen molar-refractivity contribution in [1.82, 2.24) is 4.31 Å². The molecule has 0 saturated heterocycles. The standard InChI is InChI=1S/C13H20N2O4S/c1-3-4-5-8-15(2)20(18,19)12-9-10(14)6-7-11(12)13(16)17/h6-7,9H,3-5,8,14H2,1-2H3,(H,16,17). The van der Waals surface area contributed by atoms with Gasteiger partial charge in [0.2, 0.25) is 10.0 Å². The largest absolute Gasteiger partial charge is 0.478 e. The van der Waals surface area contributed by atoms with Crippen molar-refractivity contribution >= 4 is 21.7 Å². The number of nitrogens with two attached hydrogens (primary N) is 1. The van der Waals surface area contributed by atoms with Gasteiger partial charge in [-0.3, -0.25) is 0 Å². The number of benzene rings is 1. The van der Waals surface area contributed by atoms with Crippen LogP contribution in [-0.4, -0.2) is 37.4 Å². The van der Waals surface area contributed by atoms with E-state index in [2.05, 4.69) is 0 Å². The first-order valence-electron chi connectivity index (χ1n) is 6.40. The Balaban J connectivity index is 3.14. The molecule has 0 aliphatic carbocycles. The average molecular weight is 300 g/mol. The van der Waals surface area contributed by atoms with Gasteiger partial charge in [0, 0.05) is 19.3 Å². The van der Waals surface area contributed by atoms with E-state index in [1.165, 1.54) is 29.6 Å². The molecule has 1 aromatic rings. The normalized spacial score (nSPS) is 11.8. The highest BCUT2D eigenvalue weighted by Gasteiger charge is 2.26. The minimum Gasteiger partial charge on any atom is -0.478 e. The van der Waals surface area contributed by atoms with E-state index < -0.39 is 16.0 Å². The van der Waals surface area contributed by atoms with E-state index in [1.807, 2.05) is 6.92 Å². The fourth-order valence-corrected chi connectivity index (χ4v) is 3.23. The lowest BCUT2D eigenvalue weighted by Gasteiger charge is -2.18. The number of rotatable bonds is 7. The predicted molar refractivity (Wildman–Crippen MR) is 77.2 cm³/mol. The van der Waals surface area contributed by atoms with Gasteiger partial charge < -0.3 is 10.8 Å². The van der Waals surface area contributed by atoms with Gasteiger partial charge in [-0.25, -0.2) is 17.5 Å². The zero-order valence-corrected chi connectivity index (χ0v) is 12.5. The van der Waals surface area contributed by atoms with Crippen LogP contribution in [0.3, 0.4) is 0 Å². The van der Waals surface area contributed by atoms with Gasteiger partial charge in [-0.05, 0) is 24.6 Å². The van der Waals surface area contributed by atoms with Crippen LogP contribution in [0, 0.1) is 0 Å². The van der Waals surface area contributed by atoms with E-state index in [-0.39, 0.29) is 16.1 Å². The first kappa shape index (κ1) is 16.5. The molecule has 0 atom stereocenters. The molecule has 0 aromatic heterocycles. The van der Waals surface area contributed by atoms with Gasteiger partial charge in [0.05, 0.1) is 10.5 Å². The monoisotopic (exact) mass is 300 g/mol. The van der Waals surface area contributed by atoms with Crippen LogP contribution in [0.4, 0.5) is 5.69 Å². The molecular weight excluding hydrogens is 280 g/mol. The number of sulfonamides is 1. The summed E-state index contributed by atoms with van der Waals surface area (Å²) in [7, 11) is -2.40. The number of hydrogen-bond donors (Lipinski definition) is 2. The van der Waals surface area contributed by atoms with Gasteiger partial charge in [-0.15, -0.1) is 0 Å². The van der Waals surface area contributed by atoms with Gasteiger partial charge in [0.25, 0.3) is 0 Å². The molecule has 1 rings (SSSR count). The highest BCUT2D eigenvalue weighted by molar-refractivity contribution is 7.89. The van der Waals surface area contributed by atoms with Crippen molar-refractivity contribution in [3.8, 4) is 0 Å². The molecule has 0 fully saturated rings. The Morgan fingerprint density at radius 2 is 2.00 bits per heavy atom. The van der Waals surface area contributed by atoms with Crippen LogP contribution in [0.2, 0.25) is 0 Å². The highest BCUT2D eigenvalue weighted by Crippen LogP contribution is 2.22. The van der Waals surface area contributed by atoms with E-state index >= 15 is 0 Å². The number of carboxylic acids is 1. The van der Waals surface area contributed by atoms with Crippen molar-refractivity contribution in [3.63, 3.8) is 0 Å². The van der Waals surface area contributed by atoms with Crippen LogP contribution < -0.4 is 5.73 Å². The van der Waals surface area contributed by atoms with Crippen molar-refractivity contribution in [2.45, 2.75) is 31.1 Å². The van der Waals surface area contributed by atoms with E-state index in [9.17, 15) is 13.2 Å². The number of carboxylic acid groups (broad SMARTS) is 1. The summed E-state index contributed by atoms with van der Waals surface area (Å²) >= 11 is 0. The van der Waals surface area contributed by atoms with Crippen LogP contribution in [-0.2, 0) is 10.0 Å². The van der Waals surface area contributed by atoms with Crippen LogP contribution in [0.25, 0.3) is 0 Å². The quantitative estimate of drug-likeness (QED) is 0.590. The Bertz CT molecular complexity index is 584. The van der Waals surface area contributed by atoms with Crippen molar-refractivity contribution in [2.75, 3.05) is 19.3 Å². The maximum absolute atomic E-state index is 12.4. The molecule has 112 valence electrons. The number of carbonyl (C=O) groups is 1. The second kappa shape index (κ2) is 6.71. The number of nitrogens with zero attached hydrogens (tertiary/aromatic N) is 1. The molecule has 0 spiro atoms. The molecular formula is C13H20N2O4S. The minimum atomic E-state index is -3.85. The summed E-state index contributed by atoms with van der Waals surface area (Å²) < 4.78 is 26.0. The smallest absolute Gasteiger partial charge is 0.337 e. The third-order valence-corrected chi connectivity index (χ3v) is 4.90. The van der Waals surface area contributed by atoms with Gasteiger partial charge in [0.1, 0.15) is 0 Å². The predicted octanol–water partition coefficient (Wildman–Crippen LogP) is 1.78. The zero-order valence-electron chi connectivity index (χ0n) is 11.7. The lowest BCUT2D eigenvalue weighted by Crippen LogP contribution is -2.29. The Morgan fingerprint density at radius 1 is 1.35 bits per heavy atom. The maximum Gasteiger partial charge on any atom is 0.337 e. The lowest BCUT2D eigenvalue weighted by molar-refractivity contribution is 0.0692. The Morgan fingerprint density at radius 3 is 2.55 bits per heavy atom. The van der Waals surface area contributed by atoms with E-state index in [1.54, 1.807) is 0 Å². The van der Waals surface area contributed by atoms with E-state index in [0.717, 1.165) is 19.3 Å². The number of aromatic carboxylic acids is 1. The molecule has 0 unspecified atom stereocenters. The van der Waals surface area contributed by atoms with E-state index in [0.29, 0.717) is 6.54 Å². The topological polar surface area (TPSA) is 101 Å². The van der Waals surface area contributed by atoms with Gasteiger partial charge >= 0.3 is 5.97 Å². The first-order chi connectivity index (χ1) is 9.30. The molecule has 20 heavy (non-hydrogen) atoms. The number of nitrogen functional groups attached to an aromatic ring is 1. The summed E-state index contributed by atoms with van der Waals surface area (Å²) in [6.07, 6.45) is 2.63. The van der Waals surface area contributed by atoms with E-state index in [4.69, 9.17) is 10.8 Å². The molecule has 0 heterocycles. The lowest BCUT2D eigenvalue weighted by atomic mass is 10.2. The molecule has 0 radical (unpaired) electrons. The number of unbranched alkanes of at least 4 members (excludes halogenated alkanes) is 2. The van der Waals surface area contributed by atoms with Crippen LogP contribution >= 0.6 is 0 Å². The fraction of sp³-hybridized carbons (Fsp3) is 0.462. The minimum absolute atomic E-state index is 0.218. The number of anilines is 1. The molecule has 0 aliphatic rings. The Labute approximate surface area is 119 Å². The van der Waals surface area contributed by atoms with Gasteiger partial charge in [-0.2, -0.15) is 0 Å². The van der Waals surface area contributed by atoms with Crippen molar-refractivity contribution in [2.24, 2.45) is 0 Å². The molecule has 0 saturated carbocycles. The summed E-state index contributed by atoms with van der Waals surface area (Å²) in [4.78, 5) is 10.9. The second-order valence-electron chi connectivity index (χ2n) is 4.59. The van der Waals surface area contributed by atoms with Gasteiger partial charge in [0.15, 0.2) is 0 Å². The molecule has 0 aliphatic heterocycles. The highest BCUT2D eigenvalue weighted by atomic mass is 32.2. The third-order valence-electron chi connectivity index (χ3n) is 3.00. The maximum atomic E-state index is 12.4. The molecule has 1 aromatic carbocycles. The van der Waals surface area contributed by atoms with Crippen molar-refractivity contribution in [3.05, 3.63) is 23.8 Å². The SMILES string of the molecule is CCCCCN(C)S(=O)(=O)c1cc(N)ccc1C(=O)O.